The predicted octanol–water partition coefficient (Wildman–Crippen LogP) is 1.10. The average Bonchev–Trinajstić information content (AvgIpc) is 2.87. The lowest BCUT2D eigenvalue weighted by Crippen LogP contribution is -2.32. The number of hydrogen-bond donors (Lipinski definition) is 2. The van der Waals surface area contributed by atoms with Gasteiger partial charge in [0.25, 0.3) is 16.0 Å². The number of H-pyrrole nitrogens is 1. The average molecular weight is 318 g/mol. The molecule has 1 saturated heterocycles. The molecule has 2 N–H and O–H groups in total. The number of thioether (sulfide) groups is 1. The Hall–Kier alpha value is -1.16. The van der Waals surface area contributed by atoms with Crippen molar-refractivity contribution in [2.75, 3.05) is 12.3 Å². The highest BCUT2D eigenvalue weighted by molar-refractivity contribution is 8.26. The Labute approximate surface area is 119 Å². The topological polar surface area (TPSA) is 90.5 Å². The van der Waals surface area contributed by atoms with Crippen LogP contribution in [0.25, 0.3) is 6.08 Å². The van der Waals surface area contributed by atoms with E-state index < -0.39 is 15.9 Å². The molecular weight excluding hydrogens is 308 g/mol. The van der Waals surface area contributed by atoms with Crippen molar-refractivity contribution in [1.82, 2.24) is 9.88 Å². The Balaban J connectivity index is 2.13. The molecular formula is C10H10N2O4S3. The molecule has 1 aliphatic heterocycles. The lowest BCUT2D eigenvalue weighted by Gasteiger charge is -2.12. The fourth-order valence-electron chi connectivity index (χ4n) is 1.47. The van der Waals surface area contributed by atoms with E-state index in [1.54, 1.807) is 24.4 Å². The molecule has 0 bridgehead atoms. The van der Waals surface area contributed by atoms with Crippen molar-refractivity contribution in [2.45, 2.75) is 0 Å². The third-order valence-electron chi connectivity index (χ3n) is 2.36. The molecule has 1 fully saturated rings. The van der Waals surface area contributed by atoms with E-state index in [1.807, 2.05) is 0 Å². The quantitative estimate of drug-likeness (QED) is 0.491. The second kappa shape index (κ2) is 5.45. The molecule has 19 heavy (non-hydrogen) atoms. The first-order valence-electron chi connectivity index (χ1n) is 5.21. The van der Waals surface area contributed by atoms with Crippen LogP contribution >= 0.6 is 24.0 Å². The van der Waals surface area contributed by atoms with Crippen LogP contribution in [-0.2, 0) is 14.9 Å². The molecule has 1 aliphatic rings. The van der Waals surface area contributed by atoms with Crippen LogP contribution in [0.3, 0.4) is 0 Å². The van der Waals surface area contributed by atoms with Gasteiger partial charge in [-0.25, -0.2) is 0 Å². The molecule has 0 atom stereocenters. The van der Waals surface area contributed by atoms with E-state index in [2.05, 4.69) is 4.98 Å². The number of carbonyl (C=O) groups excluding carboxylic acids is 1. The van der Waals surface area contributed by atoms with Crippen LogP contribution in [0.15, 0.2) is 23.2 Å². The van der Waals surface area contributed by atoms with E-state index in [0.717, 1.165) is 17.5 Å². The third kappa shape index (κ3) is 3.66. The molecule has 2 rings (SSSR count). The van der Waals surface area contributed by atoms with E-state index in [4.69, 9.17) is 16.8 Å². The van der Waals surface area contributed by atoms with Gasteiger partial charge in [0.15, 0.2) is 0 Å². The molecule has 0 radical (unpaired) electrons. The van der Waals surface area contributed by atoms with Gasteiger partial charge >= 0.3 is 0 Å². The number of aromatic nitrogens is 1. The maximum atomic E-state index is 12.0. The van der Waals surface area contributed by atoms with Gasteiger partial charge in [0.1, 0.15) is 4.32 Å². The van der Waals surface area contributed by atoms with Gasteiger partial charge in [0, 0.05) is 18.4 Å². The minimum atomic E-state index is -4.11. The lowest BCUT2D eigenvalue weighted by molar-refractivity contribution is -0.121. The molecule has 0 aromatic carbocycles. The Bertz CT molecular complexity index is 634. The first-order chi connectivity index (χ1) is 8.87. The maximum Gasteiger partial charge on any atom is 0.266 e. The summed E-state index contributed by atoms with van der Waals surface area (Å²) in [6.45, 7) is -0.147. The Morgan fingerprint density at radius 3 is 2.84 bits per heavy atom. The zero-order valence-electron chi connectivity index (χ0n) is 9.57. The van der Waals surface area contributed by atoms with Crippen LogP contribution in [0, 0.1) is 0 Å². The van der Waals surface area contributed by atoms with Crippen molar-refractivity contribution in [2.24, 2.45) is 0 Å². The number of hydrogen-bond acceptors (Lipinski definition) is 5. The standard InChI is InChI=1S/C10H10N2O4S3/c13-9-8(6-7-2-1-3-11-7)18-10(17)12(9)4-5-19(14,15)16/h1-3,6,11H,4-5H2,(H,14,15,16)/b8-6-. The number of amides is 1. The number of thiocarbonyl (C=S) groups is 1. The van der Waals surface area contributed by atoms with Crippen molar-refractivity contribution in [3.8, 4) is 0 Å². The van der Waals surface area contributed by atoms with Crippen LogP contribution in [0.4, 0.5) is 0 Å². The molecule has 0 aliphatic carbocycles. The summed E-state index contributed by atoms with van der Waals surface area (Å²) in [6.07, 6.45) is 3.37. The normalized spacial score (nSPS) is 18.6. The molecule has 2 heterocycles. The molecule has 1 aromatic heterocycles. The highest BCUT2D eigenvalue weighted by Gasteiger charge is 2.32. The summed E-state index contributed by atoms with van der Waals surface area (Å²) in [5, 5.41) is 0. The number of nitrogens with one attached hydrogen (secondary N) is 1. The first kappa shape index (κ1) is 14.3. The molecule has 0 saturated carbocycles. The van der Waals surface area contributed by atoms with Crippen LogP contribution in [0.1, 0.15) is 5.69 Å². The molecule has 0 unspecified atom stereocenters. The van der Waals surface area contributed by atoms with Gasteiger partial charge in [-0.05, 0) is 18.2 Å². The fraction of sp³-hybridized carbons (Fsp3) is 0.200. The van der Waals surface area contributed by atoms with Gasteiger partial charge in [0.05, 0.1) is 10.7 Å². The molecule has 6 nitrogen and oxygen atoms in total. The highest BCUT2D eigenvalue weighted by Crippen LogP contribution is 2.32. The Morgan fingerprint density at radius 1 is 1.53 bits per heavy atom. The van der Waals surface area contributed by atoms with E-state index in [1.165, 1.54) is 4.90 Å². The van der Waals surface area contributed by atoms with Crippen LogP contribution < -0.4 is 0 Å². The molecule has 9 heteroatoms. The van der Waals surface area contributed by atoms with E-state index in [9.17, 15) is 13.2 Å². The summed E-state index contributed by atoms with van der Waals surface area (Å²) in [5.74, 6) is -0.886. The summed E-state index contributed by atoms with van der Waals surface area (Å²) >= 11 is 6.12. The maximum absolute atomic E-state index is 12.0. The van der Waals surface area contributed by atoms with E-state index in [0.29, 0.717) is 4.91 Å². The predicted molar refractivity (Wildman–Crippen MR) is 77.1 cm³/mol. The first-order valence-corrected chi connectivity index (χ1v) is 8.04. The second-order valence-electron chi connectivity index (χ2n) is 3.74. The van der Waals surface area contributed by atoms with Gasteiger partial charge in [-0.3, -0.25) is 14.2 Å². The lowest BCUT2D eigenvalue weighted by atomic mass is 10.3. The van der Waals surface area contributed by atoms with Crippen molar-refractivity contribution in [3.63, 3.8) is 0 Å². The van der Waals surface area contributed by atoms with Gasteiger partial charge in [0.2, 0.25) is 0 Å². The highest BCUT2D eigenvalue weighted by atomic mass is 32.2. The number of aromatic amines is 1. The molecule has 1 amide bonds. The smallest absolute Gasteiger partial charge is 0.266 e. The zero-order chi connectivity index (χ0) is 14.0. The SMILES string of the molecule is O=C1/C(=C/c2ccc[nH]2)SC(=S)N1CCS(=O)(=O)O. The Morgan fingerprint density at radius 2 is 2.26 bits per heavy atom. The summed E-state index contributed by atoms with van der Waals surface area (Å²) in [6, 6.07) is 3.59. The fourth-order valence-corrected chi connectivity index (χ4v) is 3.19. The van der Waals surface area contributed by atoms with E-state index >= 15 is 0 Å². The van der Waals surface area contributed by atoms with Gasteiger partial charge in [-0.2, -0.15) is 8.42 Å². The van der Waals surface area contributed by atoms with Crippen molar-refractivity contribution in [3.05, 3.63) is 28.9 Å². The number of rotatable bonds is 4. The van der Waals surface area contributed by atoms with Gasteiger partial charge in [-0.1, -0.05) is 24.0 Å². The van der Waals surface area contributed by atoms with Gasteiger partial charge < -0.3 is 4.98 Å². The van der Waals surface area contributed by atoms with Crippen LogP contribution in [-0.4, -0.2) is 45.4 Å². The van der Waals surface area contributed by atoms with Crippen LogP contribution in [0.2, 0.25) is 0 Å². The third-order valence-corrected chi connectivity index (χ3v) is 4.43. The molecule has 1 aromatic rings. The minimum Gasteiger partial charge on any atom is -0.362 e. The summed E-state index contributed by atoms with van der Waals surface area (Å²) in [5.41, 5.74) is 0.760. The van der Waals surface area contributed by atoms with Crippen molar-refractivity contribution >= 4 is 50.4 Å². The monoisotopic (exact) mass is 318 g/mol. The second-order valence-corrected chi connectivity index (χ2v) is 6.99. The summed E-state index contributed by atoms with van der Waals surface area (Å²) < 4.78 is 30.3. The summed E-state index contributed by atoms with van der Waals surface area (Å²) in [4.78, 5) is 16.5. The Kier molecular flexibility index (Phi) is 4.09. The van der Waals surface area contributed by atoms with Crippen LogP contribution in [0.5, 0.6) is 0 Å². The van der Waals surface area contributed by atoms with Gasteiger partial charge in [-0.15, -0.1) is 0 Å². The number of carbonyl (C=O) groups is 1. The largest absolute Gasteiger partial charge is 0.362 e. The van der Waals surface area contributed by atoms with Crippen molar-refractivity contribution < 1.29 is 17.8 Å². The zero-order valence-corrected chi connectivity index (χ0v) is 12.0. The number of nitrogens with zero attached hydrogens (tertiary/aromatic N) is 1. The molecule has 102 valence electrons. The van der Waals surface area contributed by atoms with Crippen molar-refractivity contribution in [1.29, 1.82) is 0 Å². The van der Waals surface area contributed by atoms with E-state index in [-0.39, 0.29) is 16.8 Å². The summed E-state index contributed by atoms with van der Waals surface area (Å²) in [7, 11) is -4.11. The minimum absolute atomic E-state index is 0.147. The molecule has 0 spiro atoms.